The SMILES string of the molecule is Cc1cccc(-n2cc(COC(=O)c3ccc(Br)cc3)nn2)c1. The minimum atomic E-state index is -0.386. The molecule has 3 aromatic rings. The van der Waals surface area contributed by atoms with Crippen molar-refractivity contribution in [2.24, 2.45) is 0 Å². The number of hydrogen-bond acceptors (Lipinski definition) is 4. The second-order valence-electron chi connectivity index (χ2n) is 5.08. The summed E-state index contributed by atoms with van der Waals surface area (Å²) in [5.74, 6) is -0.386. The standard InChI is InChI=1S/C17H14BrN3O2/c1-12-3-2-4-16(9-12)21-10-15(19-20-21)11-23-17(22)13-5-7-14(18)8-6-13/h2-10H,11H2,1H3. The molecule has 116 valence electrons. The van der Waals surface area contributed by atoms with Gasteiger partial charge in [-0.05, 0) is 48.9 Å². The molecule has 0 unspecified atom stereocenters. The Labute approximate surface area is 142 Å². The first-order valence-corrected chi connectivity index (χ1v) is 7.82. The number of esters is 1. The predicted octanol–water partition coefficient (Wildman–Crippen LogP) is 3.70. The lowest BCUT2D eigenvalue weighted by molar-refractivity contribution is 0.0467. The molecular weight excluding hydrogens is 358 g/mol. The maximum atomic E-state index is 12.0. The van der Waals surface area contributed by atoms with Crippen molar-refractivity contribution in [3.63, 3.8) is 0 Å². The quantitative estimate of drug-likeness (QED) is 0.656. The van der Waals surface area contributed by atoms with Crippen LogP contribution in [0.5, 0.6) is 0 Å². The van der Waals surface area contributed by atoms with Gasteiger partial charge >= 0.3 is 5.97 Å². The first-order valence-electron chi connectivity index (χ1n) is 7.03. The Morgan fingerprint density at radius 3 is 2.74 bits per heavy atom. The number of aryl methyl sites for hydroxylation is 1. The van der Waals surface area contributed by atoms with E-state index in [-0.39, 0.29) is 12.6 Å². The number of halogens is 1. The van der Waals surface area contributed by atoms with Crippen LogP contribution in [0.25, 0.3) is 5.69 Å². The van der Waals surface area contributed by atoms with Crippen LogP contribution in [-0.4, -0.2) is 21.0 Å². The molecule has 23 heavy (non-hydrogen) atoms. The van der Waals surface area contributed by atoms with Gasteiger partial charge in [0.15, 0.2) is 0 Å². The van der Waals surface area contributed by atoms with E-state index in [0.29, 0.717) is 11.3 Å². The highest BCUT2D eigenvalue weighted by molar-refractivity contribution is 9.10. The summed E-state index contributed by atoms with van der Waals surface area (Å²) in [6.07, 6.45) is 1.75. The van der Waals surface area contributed by atoms with E-state index in [1.807, 2.05) is 31.2 Å². The molecule has 5 nitrogen and oxygen atoms in total. The number of nitrogens with zero attached hydrogens (tertiary/aromatic N) is 3. The maximum absolute atomic E-state index is 12.0. The van der Waals surface area contributed by atoms with Crippen LogP contribution in [0.3, 0.4) is 0 Å². The van der Waals surface area contributed by atoms with E-state index in [2.05, 4.69) is 26.2 Å². The molecule has 0 saturated heterocycles. The molecule has 3 rings (SSSR count). The molecule has 0 aliphatic carbocycles. The Kier molecular flexibility index (Phi) is 4.52. The molecule has 0 aliphatic heterocycles. The average Bonchev–Trinajstić information content (AvgIpc) is 3.02. The lowest BCUT2D eigenvalue weighted by Gasteiger charge is -2.02. The van der Waals surface area contributed by atoms with E-state index in [0.717, 1.165) is 15.7 Å². The largest absolute Gasteiger partial charge is 0.455 e. The summed E-state index contributed by atoms with van der Waals surface area (Å²) < 4.78 is 7.83. The van der Waals surface area contributed by atoms with Crippen molar-refractivity contribution in [3.05, 3.63) is 76.0 Å². The number of hydrogen-bond donors (Lipinski definition) is 0. The monoisotopic (exact) mass is 371 g/mol. The highest BCUT2D eigenvalue weighted by atomic mass is 79.9. The van der Waals surface area contributed by atoms with Gasteiger partial charge in [0.2, 0.25) is 0 Å². The van der Waals surface area contributed by atoms with Gasteiger partial charge in [-0.2, -0.15) is 0 Å². The van der Waals surface area contributed by atoms with Crippen LogP contribution in [-0.2, 0) is 11.3 Å². The Morgan fingerprint density at radius 1 is 1.22 bits per heavy atom. The molecule has 0 saturated carbocycles. The molecule has 0 spiro atoms. The Hall–Kier alpha value is -2.47. The van der Waals surface area contributed by atoms with Crippen LogP contribution >= 0.6 is 15.9 Å². The Morgan fingerprint density at radius 2 is 2.00 bits per heavy atom. The molecule has 0 radical (unpaired) electrons. The molecule has 1 aromatic heterocycles. The Balaban J connectivity index is 1.65. The van der Waals surface area contributed by atoms with E-state index < -0.39 is 0 Å². The van der Waals surface area contributed by atoms with E-state index in [1.165, 1.54) is 0 Å². The lowest BCUT2D eigenvalue weighted by atomic mass is 10.2. The molecule has 0 bridgehead atoms. The summed E-state index contributed by atoms with van der Waals surface area (Å²) in [5, 5.41) is 8.09. The van der Waals surface area contributed by atoms with Gasteiger partial charge in [0.25, 0.3) is 0 Å². The van der Waals surface area contributed by atoms with Gasteiger partial charge in [0, 0.05) is 4.47 Å². The van der Waals surface area contributed by atoms with Crippen molar-refractivity contribution in [2.75, 3.05) is 0 Å². The third-order valence-electron chi connectivity index (χ3n) is 3.24. The van der Waals surface area contributed by atoms with Crippen LogP contribution in [0, 0.1) is 6.92 Å². The molecule has 0 aliphatic rings. The number of aromatic nitrogens is 3. The maximum Gasteiger partial charge on any atom is 0.338 e. The van der Waals surface area contributed by atoms with E-state index in [1.54, 1.807) is 35.1 Å². The minimum absolute atomic E-state index is 0.0840. The van der Waals surface area contributed by atoms with Gasteiger partial charge in [-0.25, -0.2) is 9.48 Å². The van der Waals surface area contributed by atoms with Crippen LogP contribution in [0.2, 0.25) is 0 Å². The molecule has 0 atom stereocenters. The zero-order valence-corrected chi connectivity index (χ0v) is 14.0. The van der Waals surface area contributed by atoms with E-state index >= 15 is 0 Å². The number of carbonyl (C=O) groups is 1. The molecule has 0 amide bonds. The zero-order valence-electron chi connectivity index (χ0n) is 12.4. The summed E-state index contributed by atoms with van der Waals surface area (Å²) >= 11 is 3.33. The van der Waals surface area contributed by atoms with Crippen molar-refractivity contribution in [3.8, 4) is 5.69 Å². The highest BCUT2D eigenvalue weighted by Crippen LogP contribution is 2.13. The van der Waals surface area contributed by atoms with Gasteiger partial charge in [0.1, 0.15) is 12.3 Å². The molecule has 2 aromatic carbocycles. The lowest BCUT2D eigenvalue weighted by Crippen LogP contribution is -2.05. The van der Waals surface area contributed by atoms with Crippen LogP contribution in [0.15, 0.2) is 59.2 Å². The smallest absolute Gasteiger partial charge is 0.338 e. The third kappa shape index (κ3) is 3.84. The summed E-state index contributed by atoms with van der Waals surface area (Å²) in [4.78, 5) is 12.0. The van der Waals surface area contributed by atoms with Crippen molar-refractivity contribution in [2.45, 2.75) is 13.5 Å². The predicted molar refractivity (Wildman–Crippen MR) is 89.4 cm³/mol. The zero-order chi connectivity index (χ0) is 16.2. The second-order valence-corrected chi connectivity index (χ2v) is 5.99. The van der Waals surface area contributed by atoms with Gasteiger partial charge in [-0.15, -0.1) is 5.10 Å². The molecule has 0 fully saturated rings. The van der Waals surface area contributed by atoms with Crippen molar-refractivity contribution in [1.82, 2.24) is 15.0 Å². The summed E-state index contributed by atoms with van der Waals surface area (Å²) in [5.41, 5.74) is 3.15. The highest BCUT2D eigenvalue weighted by Gasteiger charge is 2.09. The van der Waals surface area contributed by atoms with Gasteiger partial charge in [-0.1, -0.05) is 33.3 Å². The van der Waals surface area contributed by atoms with Crippen molar-refractivity contribution >= 4 is 21.9 Å². The fourth-order valence-corrected chi connectivity index (χ4v) is 2.33. The van der Waals surface area contributed by atoms with Crippen LogP contribution in [0.4, 0.5) is 0 Å². The average molecular weight is 372 g/mol. The van der Waals surface area contributed by atoms with Crippen molar-refractivity contribution in [1.29, 1.82) is 0 Å². The van der Waals surface area contributed by atoms with Crippen LogP contribution < -0.4 is 0 Å². The summed E-state index contributed by atoms with van der Waals surface area (Å²) in [7, 11) is 0. The van der Waals surface area contributed by atoms with Crippen molar-refractivity contribution < 1.29 is 9.53 Å². The summed E-state index contributed by atoms with van der Waals surface area (Å²) in [6.45, 7) is 2.10. The fourth-order valence-electron chi connectivity index (χ4n) is 2.07. The first-order chi connectivity index (χ1) is 11.1. The normalized spacial score (nSPS) is 10.5. The molecule has 0 N–H and O–H groups in total. The number of rotatable bonds is 4. The van der Waals surface area contributed by atoms with Gasteiger partial charge < -0.3 is 4.74 Å². The molecule has 1 heterocycles. The first kappa shape index (κ1) is 15.4. The molecule has 6 heteroatoms. The topological polar surface area (TPSA) is 57.0 Å². The van der Waals surface area contributed by atoms with Gasteiger partial charge in [-0.3, -0.25) is 0 Å². The number of carbonyl (C=O) groups excluding carboxylic acids is 1. The van der Waals surface area contributed by atoms with E-state index in [9.17, 15) is 4.79 Å². The third-order valence-corrected chi connectivity index (χ3v) is 3.77. The second kappa shape index (κ2) is 6.75. The minimum Gasteiger partial charge on any atom is -0.455 e. The van der Waals surface area contributed by atoms with Gasteiger partial charge in [0.05, 0.1) is 17.4 Å². The Bertz CT molecular complexity index is 828. The number of benzene rings is 2. The molecular formula is C17H14BrN3O2. The number of ether oxygens (including phenoxy) is 1. The fraction of sp³-hybridized carbons (Fsp3) is 0.118. The van der Waals surface area contributed by atoms with E-state index in [4.69, 9.17) is 4.74 Å². The summed E-state index contributed by atoms with van der Waals surface area (Å²) in [6, 6.07) is 14.9. The van der Waals surface area contributed by atoms with Crippen LogP contribution in [0.1, 0.15) is 21.6 Å².